The Balaban J connectivity index is 3.05. The van der Waals surface area contributed by atoms with Gasteiger partial charge in [-0.05, 0) is 43.0 Å². The van der Waals surface area contributed by atoms with E-state index in [1.54, 1.807) is 13.0 Å². The van der Waals surface area contributed by atoms with Crippen LogP contribution >= 0.6 is 11.6 Å². The van der Waals surface area contributed by atoms with E-state index in [0.717, 1.165) is 11.1 Å². The maximum Gasteiger partial charge on any atom is 0.303 e. The lowest BCUT2D eigenvalue weighted by Crippen LogP contribution is -2.15. The van der Waals surface area contributed by atoms with Crippen LogP contribution in [0, 0.1) is 13.8 Å². The van der Waals surface area contributed by atoms with Gasteiger partial charge in [0.2, 0.25) is 0 Å². The molecule has 0 aliphatic heterocycles. The van der Waals surface area contributed by atoms with Crippen molar-refractivity contribution in [2.75, 3.05) is 0 Å². The molecule has 0 spiro atoms. The molecule has 0 saturated carbocycles. The molecule has 1 unspecified atom stereocenters. The molecule has 94 valence electrons. The highest BCUT2D eigenvalue weighted by Crippen LogP contribution is 2.35. The highest BCUT2D eigenvalue weighted by Gasteiger charge is 2.17. The average molecular weight is 258 g/mol. The van der Waals surface area contributed by atoms with Gasteiger partial charge in [0.1, 0.15) is 5.75 Å². The fraction of sp³-hybridized carbons (Fsp3) is 0.417. The van der Waals surface area contributed by atoms with Crippen LogP contribution in [-0.2, 0) is 4.79 Å². The SMILES string of the molecule is Cc1cc(O)c(Cl)c(C)c1C(N)CCC(=O)O. The third-order valence-electron chi connectivity index (χ3n) is 2.78. The Bertz CT molecular complexity index is 446. The minimum absolute atomic E-state index is 0.0124. The van der Waals surface area contributed by atoms with E-state index in [1.807, 2.05) is 6.92 Å². The molecule has 0 amide bonds. The molecule has 0 saturated heterocycles. The van der Waals surface area contributed by atoms with Crippen molar-refractivity contribution in [2.24, 2.45) is 5.73 Å². The number of hydrogen-bond donors (Lipinski definition) is 3. The molecule has 0 fully saturated rings. The van der Waals surface area contributed by atoms with Crippen LogP contribution in [0.3, 0.4) is 0 Å². The quantitative estimate of drug-likeness (QED) is 0.774. The molecular formula is C12H16ClNO3. The number of aryl methyl sites for hydroxylation is 1. The summed E-state index contributed by atoms with van der Waals surface area (Å²) in [6.45, 7) is 3.59. The molecule has 0 radical (unpaired) electrons. The maximum atomic E-state index is 10.5. The lowest BCUT2D eigenvalue weighted by atomic mass is 9.93. The zero-order chi connectivity index (χ0) is 13.2. The molecular weight excluding hydrogens is 242 g/mol. The number of hydrogen-bond acceptors (Lipinski definition) is 3. The van der Waals surface area contributed by atoms with Gasteiger partial charge in [-0.3, -0.25) is 4.79 Å². The van der Waals surface area contributed by atoms with E-state index in [2.05, 4.69) is 0 Å². The average Bonchev–Trinajstić information content (AvgIpc) is 2.23. The first-order valence-corrected chi connectivity index (χ1v) is 5.68. The minimum Gasteiger partial charge on any atom is -0.506 e. The number of aromatic hydroxyl groups is 1. The molecule has 0 heterocycles. The van der Waals surface area contributed by atoms with E-state index >= 15 is 0 Å². The van der Waals surface area contributed by atoms with Gasteiger partial charge in [0.05, 0.1) is 5.02 Å². The molecule has 1 atom stereocenters. The third kappa shape index (κ3) is 3.11. The monoisotopic (exact) mass is 257 g/mol. The van der Waals surface area contributed by atoms with E-state index in [-0.39, 0.29) is 23.2 Å². The van der Waals surface area contributed by atoms with Crippen molar-refractivity contribution in [3.8, 4) is 5.75 Å². The van der Waals surface area contributed by atoms with Gasteiger partial charge in [0.15, 0.2) is 0 Å². The minimum atomic E-state index is -0.874. The van der Waals surface area contributed by atoms with Gasteiger partial charge in [-0.25, -0.2) is 0 Å². The first kappa shape index (κ1) is 13.8. The predicted octanol–water partition coefficient (Wildman–Crippen LogP) is 2.53. The van der Waals surface area contributed by atoms with Crippen LogP contribution in [0.1, 0.15) is 35.6 Å². The summed E-state index contributed by atoms with van der Waals surface area (Å²) in [5.41, 5.74) is 8.31. The lowest BCUT2D eigenvalue weighted by Gasteiger charge is -2.18. The van der Waals surface area contributed by atoms with Gasteiger partial charge < -0.3 is 15.9 Å². The van der Waals surface area contributed by atoms with Crippen LogP contribution in [0.15, 0.2) is 6.07 Å². The molecule has 0 aliphatic carbocycles. The van der Waals surface area contributed by atoms with E-state index in [9.17, 15) is 9.90 Å². The topological polar surface area (TPSA) is 83.5 Å². The summed E-state index contributed by atoms with van der Waals surface area (Å²) in [6, 6.07) is 1.16. The molecule has 0 aliphatic rings. The number of nitrogens with two attached hydrogens (primary N) is 1. The lowest BCUT2D eigenvalue weighted by molar-refractivity contribution is -0.137. The molecule has 1 rings (SSSR count). The molecule has 17 heavy (non-hydrogen) atoms. The van der Waals surface area contributed by atoms with E-state index in [4.69, 9.17) is 22.4 Å². The van der Waals surface area contributed by atoms with E-state index < -0.39 is 5.97 Å². The molecule has 0 bridgehead atoms. The maximum absolute atomic E-state index is 10.5. The van der Waals surface area contributed by atoms with Gasteiger partial charge in [-0.15, -0.1) is 0 Å². The molecule has 1 aromatic carbocycles. The summed E-state index contributed by atoms with van der Waals surface area (Å²) in [5, 5.41) is 18.4. The number of carboxylic acids is 1. The number of benzene rings is 1. The third-order valence-corrected chi connectivity index (χ3v) is 3.25. The second kappa shape index (κ2) is 5.38. The van der Waals surface area contributed by atoms with Gasteiger partial charge in [0.25, 0.3) is 0 Å². The van der Waals surface area contributed by atoms with E-state index in [0.29, 0.717) is 12.0 Å². The fourth-order valence-electron chi connectivity index (χ4n) is 1.95. The largest absolute Gasteiger partial charge is 0.506 e. The standard InChI is InChI=1S/C12H16ClNO3/c1-6-5-9(15)12(13)7(2)11(6)8(14)3-4-10(16)17/h5,8,15H,3-4,14H2,1-2H3,(H,16,17). The Labute approximate surface area is 105 Å². The summed E-state index contributed by atoms with van der Waals surface area (Å²) >= 11 is 5.94. The zero-order valence-corrected chi connectivity index (χ0v) is 10.6. The Hall–Kier alpha value is -1.26. The molecule has 0 aromatic heterocycles. The Morgan fingerprint density at radius 3 is 2.65 bits per heavy atom. The summed E-state index contributed by atoms with van der Waals surface area (Å²) in [5.74, 6) is -0.850. The van der Waals surface area contributed by atoms with Crippen molar-refractivity contribution in [2.45, 2.75) is 32.7 Å². The van der Waals surface area contributed by atoms with Crippen molar-refractivity contribution in [1.82, 2.24) is 0 Å². The highest BCUT2D eigenvalue weighted by molar-refractivity contribution is 6.32. The van der Waals surface area contributed by atoms with Crippen molar-refractivity contribution in [1.29, 1.82) is 0 Å². The van der Waals surface area contributed by atoms with E-state index in [1.165, 1.54) is 0 Å². The number of phenolic OH excluding ortho intramolecular Hbond substituents is 1. The summed E-state index contributed by atoms with van der Waals surface area (Å²) < 4.78 is 0. The van der Waals surface area contributed by atoms with Gasteiger partial charge >= 0.3 is 5.97 Å². The Morgan fingerprint density at radius 1 is 1.53 bits per heavy atom. The first-order chi connectivity index (χ1) is 7.84. The number of phenols is 1. The summed E-state index contributed by atoms with van der Waals surface area (Å²) in [7, 11) is 0. The van der Waals surface area contributed by atoms with Gasteiger partial charge in [-0.1, -0.05) is 11.6 Å². The number of aliphatic carboxylic acids is 1. The van der Waals surface area contributed by atoms with Gasteiger partial charge in [0, 0.05) is 12.5 Å². The Morgan fingerprint density at radius 2 is 2.12 bits per heavy atom. The van der Waals surface area contributed by atoms with Crippen molar-refractivity contribution in [3.63, 3.8) is 0 Å². The summed E-state index contributed by atoms with van der Waals surface area (Å²) in [6.07, 6.45) is 0.358. The number of rotatable bonds is 4. The highest BCUT2D eigenvalue weighted by atomic mass is 35.5. The molecule has 4 N–H and O–H groups in total. The van der Waals surface area contributed by atoms with Crippen molar-refractivity contribution in [3.05, 3.63) is 27.8 Å². The van der Waals surface area contributed by atoms with Crippen LogP contribution in [-0.4, -0.2) is 16.2 Å². The van der Waals surface area contributed by atoms with Crippen molar-refractivity contribution >= 4 is 17.6 Å². The zero-order valence-electron chi connectivity index (χ0n) is 9.83. The number of carboxylic acid groups (broad SMARTS) is 1. The predicted molar refractivity (Wildman–Crippen MR) is 66.4 cm³/mol. The van der Waals surface area contributed by atoms with Crippen LogP contribution < -0.4 is 5.73 Å². The van der Waals surface area contributed by atoms with Crippen LogP contribution in [0.2, 0.25) is 5.02 Å². The van der Waals surface area contributed by atoms with Crippen LogP contribution in [0.5, 0.6) is 5.75 Å². The second-order valence-corrected chi connectivity index (χ2v) is 4.48. The Kier molecular flexibility index (Phi) is 4.37. The van der Waals surface area contributed by atoms with Crippen LogP contribution in [0.25, 0.3) is 0 Å². The first-order valence-electron chi connectivity index (χ1n) is 5.30. The second-order valence-electron chi connectivity index (χ2n) is 4.10. The molecule has 5 heteroatoms. The van der Waals surface area contributed by atoms with Crippen LogP contribution in [0.4, 0.5) is 0 Å². The van der Waals surface area contributed by atoms with Gasteiger partial charge in [-0.2, -0.15) is 0 Å². The smallest absolute Gasteiger partial charge is 0.303 e. The number of carbonyl (C=O) groups is 1. The normalized spacial score (nSPS) is 12.5. The molecule has 4 nitrogen and oxygen atoms in total. The molecule has 1 aromatic rings. The number of halogens is 1. The summed E-state index contributed by atoms with van der Waals surface area (Å²) in [4.78, 5) is 10.5. The fourth-order valence-corrected chi connectivity index (χ4v) is 2.10. The van der Waals surface area contributed by atoms with Crippen molar-refractivity contribution < 1.29 is 15.0 Å².